The summed E-state index contributed by atoms with van der Waals surface area (Å²) in [6, 6.07) is 7.87. The molecule has 3 heteroatoms. The van der Waals surface area contributed by atoms with Gasteiger partial charge in [0.05, 0.1) is 18.5 Å². The standard InChI is InChI=1S/C14H19NO2/c1-3-10(2)9-16-14-11-6-4-5-7-12(11)17-13(14)8-15/h4-7,10H,3,8-9,15H2,1-2H3. The fourth-order valence-corrected chi connectivity index (χ4v) is 1.71. The van der Waals surface area contributed by atoms with Crippen LogP contribution in [0.15, 0.2) is 28.7 Å². The van der Waals surface area contributed by atoms with E-state index in [2.05, 4.69) is 13.8 Å². The van der Waals surface area contributed by atoms with Crippen LogP contribution in [0.3, 0.4) is 0 Å². The monoisotopic (exact) mass is 233 g/mol. The van der Waals surface area contributed by atoms with E-state index in [1.165, 1.54) is 0 Å². The van der Waals surface area contributed by atoms with Crippen molar-refractivity contribution in [2.24, 2.45) is 11.7 Å². The van der Waals surface area contributed by atoms with Gasteiger partial charge in [0.15, 0.2) is 11.5 Å². The second kappa shape index (κ2) is 5.23. The van der Waals surface area contributed by atoms with E-state index in [1.807, 2.05) is 24.3 Å². The van der Waals surface area contributed by atoms with Gasteiger partial charge in [-0.3, -0.25) is 0 Å². The first kappa shape index (κ1) is 12.0. The lowest BCUT2D eigenvalue weighted by atomic mass is 10.1. The van der Waals surface area contributed by atoms with Crippen molar-refractivity contribution in [3.05, 3.63) is 30.0 Å². The first-order valence-corrected chi connectivity index (χ1v) is 6.09. The Labute approximate surface area is 102 Å². The van der Waals surface area contributed by atoms with Crippen molar-refractivity contribution in [3.8, 4) is 5.75 Å². The summed E-state index contributed by atoms with van der Waals surface area (Å²) in [5.41, 5.74) is 6.52. The summed E-state index contributed by atoms with van der Waals surface area (Å²) in [5, 5.41) is 1.01. The number of furan rings is 1. The molecule has 3 nitrogen and oxygen atoms in total. The Balaban J connectivity index is 2.30. The van der Waals surface area contributed by atoms with Crippen LogP contribution in [0.2, 0.25) is 0 Å². The zero-order valence-corrected chi connectivity index (χ0v) is 10.4. The highest BCUT2D eigenvalue weighted by Crippen LogP contribution is 2.33. The van der Waals surface area contributed by atoms with Crippen molar-refractivity contribution in [1.29, 1.82) is 0 Å². The fraction of sp³-hybridized carbons (Fsp3) is 0.429. The number of para-hydroxylation sites is 1. The van der Waals surface area contributed by atoms with Crippen molar-refractivity contribution >= 4 is 11.0 Å². The number of hydrogen-bond acceptors (Lipinski definition) is 3. The van der Waals surface area contributed by atoms with Crippen molar-refractivity contribution in [1.82, 2.24) is 0 Å². The number of ether oxygens (including phenoxy) is 1. The van der Waals surface area contributed by atoms with Crippen molar-refractivity contribution in [2.75, 3.05) is 6.61 Å². The predicted molar refractivity (Wildman–Crippen MR) is 69.1 cm³/mol. The maximum atomic E-state index is 5.86. The lowest BCUT2D eigenvalue weighted by Crippen LogP contribution is -2.08. The molecule has 0 saturated carbocycles. The van der Waals surface area contributed by atoms with Crippen molar-refractivity contribution in [3.63, 3.8) is 0 Å². The normalized spacial score (nSPS) is 12.9. The van der Waals surface area contributed by atoms with E-state index in [0.717, 1.165) is 28.9 Å². The predicted octanol–water partition coefficient (Wildman–Crippen LogP) is 3.32. The van der Waals surface area contributed by atoms with Gasteiger partial charge in [-0.25, -0.2) is 0 Å². The topological polar surface area (TPSA) is 48.4 Å². The van der Waals surface area contributed by atoms with E-state index in [-0.39, 0.29) is 0 Å². The summed E-state index contributed by atoms with van der Waals surface area (Å²) in [7, 11) is 0. The molecule has 0 amide bonds. The van der Waals surface area contributed by atoms with Crippen LogP contribution in [-0.4, -0.2) is 6.61 Å². The van der Waals surface area contributed by atoms with Crippen molar-refractivity contribution < 1.29 is 9.15 Å². The zero-order valence-electron chi connectivity index (χ0n) is 10.4. The molecule has 1 atom stereocenters. The molecule has 1 aromatic carbocycles. The van der Waals surface area contributed by atoms with Crippen LogP contribution < -0.4 is 10.5 Å². The highest BCUT2D eigenvalue weighted by atomic mass is 16.5. The van der Waals surface area contributed by atoms with Gasteiger partial charge in [0.1, 0.15) is 5.58 Å². The minimum atomic E-state index is 0.366. The maximum Gasteiger partial charge on any atom is 0.169 e. The first-order valence-electron chi connectivity index (χ1n) is 6.09. The lowest BCUT2D eigenvalue weighted by molar-refractivity contribution is 0.252. The molecule has 2 rings (SSSR count). The minimum absolute atomic E-state index is 0.366. The Kier molecular flexibility index (Phi) is 3.69. The second-order valence-corrected chi connectivity index (χ2v) is 4.38. The average Bonchev–Trinajstić information content (AvgIpc) is 2.73. The number of fused-ring (bicyclic) bond motifs is 1. The quantitative estimate of drug-likeness (QED) is 0.861. The Morgan fingerprint density at radius 1 is 1.35 bits per heavy atom. The maximum absolute atomic E-state index is 5.86. The highest BCUT2D eigenvalue weighted by molar-refractivity contribution is 5.85. The summed E-state index contributed by atoms with van der Waals surface area (Å²) >= 11 is 0. The summed E-state index contributed by atoms with van der Waals surface area (Å²) in [4.78, 5) is 0. The molecular weight excluding hydrogens is 214 g/mol. The highest BCUT2D eigenvalue weighted by Gasteiger charge is 2.14. The van der Waals surface area contributed by atoms with Crippen LogP contribution in [0.25, 0.3) is 11.0 Å². The van der Waals surface area contributed by atoms with Crippen LogP contribution in [0.1, 0.15) is 26.0 Å². The molecule has 17 heavy (non-hydrogen) atoms. The van der Waals surface area contributed by atoms with Gasteiger partial charge in [-0.05, 0) is 18.1 Å². The van der Waals surface area contributed by atoms with Crippen molar-refractivity contribution in [2.45, 2.75) is 26.8 Å². The van der Waals surface area contributed by atoms with Gasteiger partial charge in [0, 0.05) is 0 Å². The smallest absolute Gasteiger partial charge is 0.169 e. The zero-order chi connectivity index (χ0) is 12.3. The summed E-state index contributed by atoms with van der Waals surface area (Å²) in [6.45, 7) is 5.40. The van der Waals surface area contributed by atoms with Gasteiger partial charge in [0.2, 0.25) is 0 Å². The summed E-state index contributed by atoms with van der Waals surface area (Å²) in [5.74, 6) is 2.08. The van der Waals surface area contributed by atoms with Gasteiger partial charge in [-0.15, -0.1) is 0 Å². The Hall–Kier alpha value is -1.48. The largest absolute Gasteiger partial charge is 0.489 e. The first-order chi connectivity index (χ1) is 8.26. The molecule has 2 N–H and O–H groups in total. The molecule has 0 fully saturated rings. The van der Waals surface area contributed by atoms with E-state index < -0.39 is 0 Å². The van der Waals surface area contributed by atoms with Crippen LogP contribution >= 0.6 is 0 Å². The van der Waals surface area contributed by atoms with Gasteiger partial charge in [-0.1, -0.05) is 32.4 Å². The Morgan fingerprint density at radius 2 is 2.12 bits per heavy atom. The van der Waals surface area contributed by atoms with E-state index in [0.29, 0.717) is 19.1 Å². The molecule has 92 valence electrons. The third-order valence-corrected chi connectivity index (χ3v) is 3.01. The van der Waals surface area contributed by atoms with Gasteiger partial charge < -0.3 is 14.9 Å². The number of benzene rings is 1. The molecular formula is C14H19NO2. The molecule has 2 aromatic rings. The van der Waals surface area contributed by atoms with E-state index in [1.54, 1.807) is 0 Å². The second-order valence-electron chi connectivity index (χ2n) is 4.38. The third kappa shape index (κ3) is 2.44. The molecule has 0 radical (unpaired) electrons. The van der Waals surface area contributed by atoms with Crippen LogP contribution in [0.5, 0.6) is 5.75 Å². The van der Waals surface area contributed by atoms with Gasteiger partial charge in [0.25, 0.3) is 0 Å². The number of hydrogen-bond donors (Lipinski definition) is 1. The number of nitrogens with two attached hydrogens (primary N) is 1. The van der Waals surface area contributed by atoms with E-state index in [4.69, 9.17) is 14.9 Å². The number of rotatable bonds is 5. The average molecular weight is 233 g/mol. The molecule has 0 aliphatic heterocycles. The SMILES string of the molecule is CCC(C)COc1c(CN)oc2ccccc12. The van der Waals surface area contributed by atoms with Crippen LogP contribution in [-0.2, 0) is 6.54 Å². The molecule has 1 aromatic heterocycles. The lowest BCUT2D eigenvalue weighted by Gasteiger charge is -2.10. The van der Waals surface area contributed by atoms with Gasteiger partial charge >= 0.3 is 0 Å². The summed E-state index contributed by atoms with van der Waals surface area (Å²) in [6.07, 6.45) is 1.10. The molecule has 0 aliphatic carbocycles. The third-order valence-electron chi connectivity index (χ3n) is 3.01. The minimum Gasteiger partial charge on any atom is -0.489 e. The molecule has 1 heterocycles. The molecule has 1 unspecified atom stereocenters. The van der Waals surface area contributed by atoms with E-state index in [9.17, 15) is 0 Å². The summed E-state index contributed by atoms with van der Waals surface area (Å²) < 4.78 is 11.5. The Morgan fingerprint density at radius 3 is 2.82 bits per heavy atom. The Bertz CT molecular complexity index is 490. The van der Waals surface area contributed by atoms with Crippen LogP contribution in [0, 0.1) is 5.92 Å². The van der Waals surface area contributed by atoms with E-state index >= 15 is 0 Å². The van der Waals surface area contributed by atoms with Gasteiger partial charge in [-0.2, -0.15) is 0 Å². The molecule has 0 spiro atoms. The molecule has 0 aliphatic rings. The molecule has 0 bridgehead atoms. The fourth-order valence-electron chi connectivity index (χ4n) is 1.71. The molecule has 0 saturated heterocycles. The van der Waals surface area contributed by atoms with Crippen LogP contribution in [0.4, 0.5) is 0 Å².